The van der Waals surface area contributed by atoms with Gasteiger partial charge < -0.3 is 19.3 Å². The van der Waals surface area contributed by atoms with E-state index >= 15 is 0 Å². The van der Waals surface area contributed by atoms with Crippen molar-refractivity contribution in [3.05, 3.63) is 35.4 Å². The van der Waals surface area contributed by atoms with Gasteiger partial charge in [0.1, 0.15) is 0 Å². The van der Waals surface area contributed by atoms with Gasteiger partial charge in [-0.05, 0) is 37.1 Å². The first-order valence-corrected chi connectivity index (χ1v) is 9.13. The van der Waals surface area contributed by atoms with E-state index in [1.165, 1.54) is 0 Å². The molecule has 0 unspecified atom stereocenters. The number of carbonyl (C=O) groups excluding carboxylic acids is 2. The van der Waals surface area contributed by atoms with Gasteiger partial charge in [-0.15, -0.1) is 0 Å². The molecule has 0 aliphatic carbocycles. The maximum atomic E-state index is 12.7. The zero-order valence-corrected chi connectivity index (χ0v) is 14.4. The van der Waals surface area contributed by atoms with E-state index in [1.807, 2.05) is 9.80 Å². The summed E-state index contributed by atoms with van der Waals surface area (Å²) < 4.78 is 11.4. The van der Waals surface area contributed by atoms with E-state index in [1.54, 1.807) is 24.3 Å². The van der Waals surface area contributed by atoms with Crippen molar-refractivity contribution in [2.75, 3.05) is 39.4 Å². The van der Waals surface area contributed by atoms with Crippen LogP contribution in [0.25, 0.3) is 0 Å². The van der Waals surface area contributed by atoms with E-state index < -0.39 is 5.79 Å². The summed E-state index contributed by atoms with van der Waals surface area (Å²) in [5.74, 6) is -0.400. The minimum atomic E-state index is -0.469. The van der Waals surface area contributed by atoms with Crippen LogP contribution in [0.1, 0.15) is 46.4 Å². The lowest BCUT2D eigenvalue weighted by molar-refractivity contribution is -0.181. The number of hydrogen-bond acceptors (Lipinski definition) is 4. The van der Waals surface area contributed by atoms with Gasteiger partial charge in [0.25, 0.3) is 11.8 Å². The molecule has 25 heavy (non-hydrogen) atoms. The molecule has 2 amide bonds. The van der Waals surface area contributed by atoms with Crippen molar-refractivity contribution in [3.63, 3.8) is 0 Å². The summed E-state index contributed by atoms with van der Waals surface area (Å²) in [7, 11) is 0. The molecule has 0 bridgehead atoms. The Hall–Kier alpha value is -1.92. The first kappa shape index (κ1) is 16.5. The zero-order valence-electron chi connectivity index (χ0n) is 14.4. The van der Waals surface area contributed by atoms with Crippen LogP contribution in [-0.4, -0.2) is 66.8 Å². The third-order valence-corrected chi connectivity index (χ3v) is 5.40. The van der Waals surface area contributed by atoms with E-state index in [9.17, 15) is 9.59 Å². The zero-order chi connectivity index (χ0) is 17.3. The van der Waals surface area contributed by atoms with Crippen LogP contribution in [0, 0.1) is 0 Å². The van der Waals surface area contributed by atoms with E-state index in [-0.39, 0.29) is 11.8 Å². The number of carbonyl (C=O) groups is 2. The van der Waals surface area contributed by atoms with Gasteiger partial charge in [0.2, 0.25) is 0 Å². The number of nitrogens with zero attached hydrogens (tertiary/aromatic N) is 2. The Morgan fingerprint density at radius 2 is 1.20 bits per heavy atom. The van der Waals surface area contributed by atoms with Crippen molar-refractivity contribution in [2.24, 2.45) is 0 Å². The minimum absolute atomic E-state index is 0.00742. The Labute approximate surface area is 147 Å². The van der Waals surface area contributed by atoms with Gasteiger partial charge in [-0.2, -0.15) is 0 Å². The number of likely N-dealkylation sites (tertiary alicyclic amines) is 2. The van der Waals surface area contributed by atoms with Gasteiger partial charge >= 0.3 is 0 Å². The monoisotopic (exact) mass is 344 g/mol. The maximum absolute atomic E-state index is 12.7. The van der Waals surface area contributed by atoms with Gasteiger partial charge in [0, 0.05) is 50.1 Å². The Bertz CT molecular complexity index is 636. The first-order chi connectivity index (χ1) is 12.2. The summed E-state index contributed by atoms with van der Waals surface area (Å²) in [6.07, 6.45) is 3.58. The molecule has 3 aliphatic rings. The second-order valence-electron chi connectivity index (χ2n) is 6.98. The predicted octanol–water partition coefficient (Wildman–Crippen LogP) is 1.90. The quantitative estimate of drug-likeness (QED) is 0.822. The Balaban J connectivity index is 1.38. The van der Waals surface area contributed by atoms with Gasteiger partial charge in [-0.1, -0.05) is 0 Å². The number of benzene rings is 1. The molecular formula is C19H24N2O4. The molecule has 6 heteroatoms. The third-order valence-electron chi connectivity index (χ3n) is 5.40. The third kappa shape index (κ3) is 3.28. The van der Waals surface area contributed by atoms with E-state index in [4.69, 9.17) is 9.47 Å². The second-order valence-corrected chi connectivity index (χ2v) is 6.98. The van der Waals surface area contributed by atoms with Crippen LogP contribution < -0.4 is 0 Å². The van der Waals surface area contributed by atoms with Gasteiger partial charge in [0.05, 0.1) is 13.2 Å². The lowest BCUT2D eigenvalue weighted by Crippen LogP contribution is -2.47. The van der Waals surface area contributed by atoms with Crippen molar-refractivity contribution in [2.45, 2.75) is 31.5 Å². The average molecular weight is 344 g/mol. The number of ether oxygens (including phenoxy) is 2. The summed E-state index contributed by atoms with van der Waals surface area (Å²) in [6.45, 7) is 4.21. The molecule has 1 spiro atoms. The van der Waals surface area contributed by atoms with Crippen LogP contribution in [0.15, 0.2) is 24.3 Å². The summed E-state index contributed by atoms with van der Waals surface area (Å²) in [4.78, 5) is 28.8. The van der Waals surface area contributed by atoms with E-state index in [0.717, 1.165) is 25.9 Å². The molecule has 4 rings (SSSR count). The first-order valence-electron chi connectivity index (χ1n) is 9.13. The molecule has 134 valence electrons. The number of hydrogen-bond donors (Lipinski definition) is 0. The fourth-order valence-electron chi connectivity index (χ4n) is 3.88. The summed E-state index contributed by atoms with van der Waals surface area (Å²) >= 11 is 0. The number of rotatable bonds is 2. The van der Waals surface area contributed by atoms with Gasteiger partial charge in [-0.25, -0.2) is 0 Å². The number of amides is 2. The molecule has 3 aliphatic heterocycles. The van der Waals surface area contributed by atoms with Crippen LogP contribution in [0.5, 0.6) is 0 Å². The summed E-state index contributed by atoms with van der Waals surface area (Å²) in [6, 6.07) is 7.06. The second kappa shape index (κ2) is 6.77. The molecule has 1 aromatic carbocycles. The molecule has 3 fully saturated rings. The van der Waals surface area contributed by atoms with E-state index in [0.29, 0.717) is 50.3 Å². The maximum Gasteiger partial charge on any atom is 0.253 e. The van der Waals surface area contributed by atoms with Crippen LogP contribution in [0.3, 0.4) is 0 Å². The molecule has 3 heterocycles. The number of piperidine rings is 1. The van der Waals surface area contributed by atoms with Crippen LogP contribution >= 0.6 is 0 Å². The van der Waals surface area contributed by atoms with Crippen molar-refractivity contribution in [1.82, 2.24) is 9.80 Å². The molecule has 3 saturated heterocycles. The Morgan fingerprint density at radius 3 is 1.68 bits per heavy atom. The Kier molecular flexibility index (Phi) is 4.48. The molecule has 0 aromatic heterocycles. The lowest BCUT2D eigenvalue weighted by Gasteiger charge is -2.37. The van der Waals surface area contributed by atoms with Gasteiger partial charge in [0.15, 0.2) is 5.79 Å². The summed E-state index contributed by atoms with van der Waals surface area (Å²) in [5.41, 5.74) is 1.28. The summed E-state index contributed by atoms with van der Waals surface area (Å²) in [5, 5.41) is 0. The van der Waals surface area contributed by atoms with Crippen molar-refractivity contribution >= 4 is 11.8 Å². The molecular weight excluding hydrogens is 320 g/mol. The largest absolute Gasteiger partial charge is 0.347 e. The topological polar surface area (TPSA) is 59.1 Å². The van der Waals surface area contributed by atoms with Crippen LogP contribution in [-0.2, 0) is 9.47 Å². The van der Waals surface area contributed by atoms with E-state index in [2.05, 4.69) is 0 Å². The molecule has 0 N–H and O–H groups in total. The smallest absolute Gasteiger partial charge is 0.253 e. The van der Waals surface area contributed by atoms with Crippen molar-refractivity contribution in [1.29, 1.82) is 0 Å². The highest BCUT2D eigenvalue weighted by Gasteiger charge is 2.40. The highest BCUT2D eigenvalue weighted by molar-refractivity contribution is 5.98. The normalized spacial score (nSPS) is 22.6. The fraction of sp³-hybridized carbons (Fsp3) is 0.579. The molecule has 0 saturated carbocycles. The standard InChI is InChI=1S/C19H24N2O4/c22-17(20-9-1-2-10-20)15-3-5-16(6-4-15)18(23)21-11-7-19(8-12-21)24-13-14-25-19/h3-6H,1-2,7-14H2. The Morgan fingerprint density at radius 1 is 0.760 bits per heavy atom. The SMILES string of the molecule is O=C(c1ccc(C(=O)N2CCC3(CC2)OCCO3)cc1)N1CCCC1. The highest BCUT2D eigenvalue weighted by Crippen LogP contribution is 2.31. The van der Waals surface area contributed by atoms with Crippen molar-refractivity contribution < 1.29 is 19.1 Å². The molecule has 0 radical (unpaired) electrons. The van der Waals surface area contributed by atoms with Crippen LogP contribution in [0.2, 0.25) is 0 Å². The molecule has 6 nitrogen and oxygen atoms in total. The predicted molar refractivity (Wildman–Crippen MR) is 91.4 cm³/mol. The molecule has 1 aromatic rings. The lowest BCUT2D eigenvalue weighted by atomic mass is 10.0. The molecule has 0 atom stereocenters. The highest BCUT2D eigenvalue weighted by atomic mass is 16.7. The average Bonchev–Trinajstić information content (AvgIpc) is 3.34. The van der Waals surface area contributed by atoms with Gasteiger partial charge in [-0.3, -0.25) is 9.59 Å². The van der Waals surface area contributed by atoms with Crippen LogP contribution in [0.4, 0.5) is 0 Å². The minimum Gasteiger partial charge on any atom is -0.347 e. The fourth-order valence-corrected chi connectivity index (χ4v) is 3.88. The van der Waals surface area contributed by atoms with Crippen molar-refractivity contribution in [3.8, 4) is 0 Å².